The summed E-state index contributed by atoms with van der Waals surface area (Å²) in [6, 6.07) is 0.969. The van der Waals surface area contributed by atoms with Crippen LogP contribution in [0.2, 0.25) is 10.3 Å². The predicted octanol–water partition coefficient (Wildman–Crippen LogP) is 6.60. The van der Waals surface area contributed by atoms with Crippen LogP contribution in [0.4, 0.5) is 38.1 Å². The van der Waals surface area contributed by atoms with Crippen molar-refractivity contribution >= 4 is 35.0 Å². The number of anilines is 2. The van der Waals surface area contributed by atoms with Gasteiger partial charge in [0.2, 0.25) is 11.2 Å². The van der Waals surface area contributed by atoms with Crippen molar-refractivity contribution in [1.82, 2.24) is 19.9 Å². The Labute approximate surface area is 242 Å². The quantitative estimate of drug-likeness (QED) is 0.213. The molecule has 0 amide bonds. The van der Waals surface area contributed by atoms with Crippen molar-refractivity contribution in [2.45, 2.75) is 63.6 Å². The van der Waals surface area contributed by atoms with Crippen LogP contribution in [0.1, 0.15) is 48.4 Å². The lowest BCUT2D eigenvalue weighted by atomic mass is 10.0. The second-order valence-electron chi connectivity index (χ2n) is 9.68. The summed E-state index contributed by atoms with van der Waals surface area (Å²) in [5, 5.41) is 9.32. The van der Waals surface area contributed by atoms with Crippen LogP contribution in [-0.4, -0.2) is 50.3 Å². The summed E-state index contributed by atoms with van der Waals surface area (Å²) in [6.45, 7) is 1.86. The van der Waals surface area contributed by atoms with E-state index in [2.05, 4.69) is 19.9 Å². The maximum absolute atomic E-state index is 13.6. The Hall–Kier alpha value is -2.90. The van der Waals surface area contributed by atoms with E-state index in [0.29, 0.717) is 43.6 Å². The van der Waals surface area contributed by atoms with Crippen molar-refractivity contribution in [3.63, 3.8) is 0 Å². The Balaban J connectivity index is 1.75. The van der Waals surface area contributed by atoms with Crippen LogP contribution in [0.5, 0.6) is 0 Å². The lowest BCUT2D eigenvalue weighted by Gasteiger charge is -2.30. The molecule has 2 unspecified atom stereocenters. The highest BCUT2D eigenvalue weighted by molar-refractivity contribution is 6.33. The standard InChI is InChI=1S/C26H26Cl2F6N6O/c1-2-19-9-20(14-39(19)22-21(27)12-35-23(28)38-22)40(24-36-10-15(11-37-24)4-3-5-41)13-16-6-17(25(29,30)31)8-18(7-16)26(32,33)34/h6-8,10-12,19-20,41H,2-5,9,13-14H2,1H3. The molecular weight excluding hydrogens is 597 g/mol. The molecule has 1 aromatic carbocycles. The van der Waals surface area contributed by atoms with Gasteiger partial charge in [0, 0.05) is 38.1 Å². The fraction of sp³-hybridized carbons (Fsp3) is 0.462. The Morgan fingerprint density at radius 3 is 2.15 bits per heavy atom. The third kappa shape index (κ3) is 7.49. The van der Waals surface area contributed by atoms with Gasteiger partial charge < -0.3 is 14.9 Å². The number of nitrogens with zero attached hydrogens (tertiary/aromatic N) is 6. The highest BCUT2D eigenvalue weighted by Gasteiger charge is 2.39. The van der Waals surface area contributed by atoms with Crippen LogP contribution in [0.3, 0.4) is 0 Å². The van der Waals surface area contributed by atoms with E-state index >= 15 is 0 Å². The molecule has 1 saturated heterocycles. The third-order valence-electron chi connectivity index (χ3n) is 6.85. The van der Waals surface area contributed by atoms with E-state index in [1.807, 2.05) is 11.8 Å². The van der Waals surface area contributed by atoms with E-state index in [0.717, 1.165) is 5.56 Å². The normalized spacial score (nSPS) is 17.8. The minimum atomic E-state index is -4.98. The summed E-state index contributed by atoms with van der Waals surface area (Å²) in [5.74, 6) is 0.511. The molecule has 2 atom stereocenters. The first kappa shape index (κ1) is 31.0. The van der Waals surface area contributed by atoms with E-state index in [1.165, 1.54) is 18.6 Å². The van der Waals surface area contributed by atoms with Crippen molar-refractivity contribution in [3.05, 3.63) is 69.3 Å². The number of benzene rings is 1. The lowest BCUT2D eigenvalue weighted by molar-refractivity contribution is -0.143. The first-order valence-electron chi connectivity index (χ1n) is 12.7. The van der Waals surface area contributed by atoms with Crippen molar-refractivity contribution < 1.29 is 31.4 Å². The van der Waals surface area contributed by atoms with E-state index in [9.17, 15) is 26.3 Å². The van der Waals surface area contributed by atoms with E-state index in [4.69, 9.17) is 28.3 Å². The first-order valence-corrected chi connectivity index (χ1v) is 13.5. The molecule has 1 N–H and O–H groups in total. The topological polar surface area (TPSA) is 78.3 Å². The van der Waals surface area contributed by atoms with Gasteiger partial charge in [-0.05, 0) is 66.6 Å². The van der Waals surface area contributed by atoms with Crippen molar-refractivity contribution in [3.8, 4) is 0 Å². The number of aliphatic hydroxyl groups is 1. The van der Waals surface area contributed by atoms with Gasteiger partial charge in [-0.15, -0.1) is 0 Å². The SMILES string of the molecule is CCC1CC(N(Cc2cc(C(F)(F)F)cc(C(F)(F)F)c2)c2ncc(CCCO)cn2)CN1c1nc(Cl)ncc1Cl. The molecule has 0 bridgehead atoms. The van der Waals surface area contributed by atoms with Crippen LogP contribution in [0, 0.1) is 0 Å². The lowest BCUT2D eigenvalue weighted by Crippen LogP contribution is -2.39. The Morgan fingerprint density at radius 1 is 0.951 bits per heavy atom. The zero-order chi connectivity index (χ0) is 29.9. The molecule has 0 saturated carbocycles. The van der Waals surface area contributed by atoms with Crippen molar-refractivity contribution in [2.24, 2.45) is 0 Å². The fourth-order valence-corrected chi connectivity index (χ4v) is 5.21. The molecule has 2 aromatic heterocycles. The highest BCUT2D eigenvalue weighted by atomic mass is 35.5. The number of aryl methyl sites for hydroxylation is 1. The van der Waals surface area contributed by atoms with Gasteiger partial charge in [-0.1, -0.05) is 18.5 Å². The average molecular weight is 623 g/mol. The van der Waals surface area contributed by atoms with Gasteiger partial charge in [0.1, 0.15) is 5.02 Å². The number of aromatic nitrogens is 4. The molecule has 41 heavy (non-hydrogen) atoms. The maximum Gasteiger partial charge on any atom is 0.416 e. The second kappa shape index (κ2) is 12.5. The minimum Gasteiger partial charge on any atom is -0.396 e. The predicted molar refractivity (Wildman–Crippen MR) is 142 cm³/mol. The van der Waals surface area contributed by atoms with Gasteiger partial charge >= 0.3 is 12.4 Å². The molecule has 4 rings (SSSR count). The number of hydrogen-bond acceptors (Lipinski definition) is 7. The Kier molecular flexibility index (Phi) is 9.49. The van der Waals surface area contributed by atoms with Crippen molar-refractivity contribution in [2.75, 3.05) is 23.0 Å². The number of alkyl halides is 6. The highest BCUT2D eigenvalue weighted by Crippen LogP contribution is 2.38. The van der Waals surface area contributed by atoms with Gasteiger partial charge in [0.25, 0.3) is 0 Å². The second-order valence-corrected chi connectivity index (χ2v) is 10.4. The van der Waals surface area contributed by atoms with Crippen LogP contribution in [-0.2, 0) is 25.3 Å². The molecule has 1 aliphatic heterocycles. The summed E-state index contributed by atoms with van der Waals surface area (Å²) in [6.07, 6.45) is -3.44. The van der Waals surface area contributed by atoms with Gasteiger partial charge in [0.15, 0.2) is 5.82 Å². The molecule has 1 aliphatic rings. The van der Waals surface area contributed by atoms with Gasteiger partial charge in [0.05, 0.1) is 23.4 Å². The minimum absolute atomic E-state index is 0.0231. The molecular formula is C26H26Cl2F6N6O. The molecule has 3 heterocycles. The van der Waals surface area contributed by atoms with Crippen LogP contribution < -0.4 is 9.80 Å². The summed E-state index contributed by atoms with van der Waals surface area (Å²) in [5.41, 5.74) is -2.27. The number of aliphatic hydroxyl groups excluding tert-OH is 1. The van der Waals surface area contributed by atoms with Crippen molar-refractivity contribution in [1.29, 1.82) is 0 Å². The molecule has 0 aliphatic carbocycles. The van der Waals surface area contributed by atoms with Crippen LogP contribution in [0.15, 0.2) is 36.8 Å². The number of halogens is 8. The van der Waals surface area contributed by atoms with E-state index in [-0.39, 0.29) is 53.6 Å². The molecule has 15 heteroatoms. The summed E-state index contributed by atoms with van der Waals surface area (Å²) >= 11 is 12.4. The smallest absolute Gasteiger partial charge is 0.396 e. The zero-order valence-corrected chi connectivity index (χ0v) is 23.2. The van der Waals surface area contributed by atoms with E-state index < -0.39 is 29.5 Å². The molecule has 1 fully saturated rings. The van der Waals surface area contributed by atoms with Crippen LogP contribution >= 0.6 is 23.2 Å². The summed E-state index contributed by atoms with van der Waals surface area (Å²) in [7, 11) is 0. The monoisotopic (exact) mass is 622 g/mol. The molecule has 3 aromatic rings. The first-order chi connectivity index (χ1) is 19.3. The molecule has 222 valence electrons. The van der Waals surface area contributed by atoms with E-state index in [1.54, 1.807) is 4.90 Å². The summed E-state index contributed by atoms with van der Waals surface area (Å²) in [4.78, 5) is 20.4. The largest absolute Gasteiger partial charge is 0.416 e. The molecule has 0 spiro atoms. The maximum atomic E-state index is 13.6. The zero-order valence-electron chi connectivity index (χ0n) is 21.7. The third-order valence-corrected chi connectivity index (χ3v) is 7.29. The Bertz CT molecular complexity index is 1310. The van der Waals surface area contributed by atoms with Gasteiger partial charge in [-0.2, -0.15) is 31.3 Å². The van der Waals surface area contributed by atoms with Gasteiger partial charge in [-0.25, -0.2) is 15.0 Å². The molecule has 0 radical (unpaired) electrons. The molecule has 7 nitrogen and oxygen atoms in total. The average Bonchev–Trinajstić information content (AvgIpc) is 3.35. The number of rotatable bonds is 9. The summed E-state index contributed by atoms with van der Waals surface area (Å²) < 4.78 is 81.5. The van der Waals surface area contributed by atoms with Gasteiger partial charge in [-0.3, -0.25) is 0 Å². The van der Waals surface area contributed by atoms with Crippen LogP contribution in [0.25, 0.3) is 0 Å². The number of hydrogen-bond donors (Lipinski definition) is 1. The Morgan fingerprint density at radius 2 is 1.59 bits per heavy atom. The fourth-order valence-electron chi connectivity index (χ4n) is 4.88.